The first kappa shape index (κ1) is 11.7. The summed E-state index contributed by atoms with van der Waals surface area (Å²) in [6.45, 7) is 3.87. The van der Waals surface area contributed by atoms with E-state index in [2.05, 4.69) is 4.98 Å². The van der Waals surface area contributed by atoms with E-state index in [9.17, 15) is 4.39 Å². The summed E-state index contributed by atoms with van der Waals surface area (Å²) in [5, 5.41) is 0. The van der Waals surface area contributed by atoms with Gasteiger partial charge in [0.25, 0.3) is 0 Å². The first-order valence-corrected chi connectivity index (χ1v) is 5.51. The van der Waals surface area contributed by atoms with Gasteiger partial charge in [-0.15, -0.1) is 0 Å². The second-order valence-corrected chi connectivity index (χ2v) is 4.23. The van der Waals surface area contributed by atoms with Crippen LogP contribution in [-0.2, 0) is 0 Å². The van der Waals surface area contributed by atoms with Gasteiger partial charge in [-0.2, -0.15) is 0 Å². The van der Waals surface area contributed by atoms with Crippen molar-refractivity contribution < 1.29 is 4.39 Å². The number of aryl methyl sites for hydroxylation is 2. The minimum atomic E-state index is -0.469. The summed E-state index contributed by atoms with van der Waals surface area (Å²) in [4.78, 5) is 4.04. The molecule has 1 heterocycles. The number of pyridine rings is 1. The Bertz CT molecular complexity index is 537. The Labute approximate surface area is 100 Å². The van der Waals surface area contributed by atoms with E-state index in [0.29, 0.717) is 5.56 Å². The van der Waals surface area contributed by atoms with Gasteiger partial charge in [0.2, 0.25) is 0 Å². The van der Waals surface area contributed by atoms with Crippen molar-refractivity contribution in [3.8, 4) is 0 Å². The highest BCUT2D eigenvalue weighted by Gasteiger charge is 2.15. The van der Waals surface area contributed by atoms with Gasteiger partial charge in [0.05, 0.1) is 6.04 Å². The summed E-state index contributed by atoms with van der Waals surface area (Å²) in [6.07, 6.45) is 3.40. The van der Waals surface area contributed by atoms with Crippen LogP contribution in [0.5, 0.6) is 0 Å². The van der Waals surface area contributed by atoms with Crippen molar-refractivity contribution in [2.24, 2.45) is 5.73 Å². The molecule has 1 unspecified atom stereocenters. The van der Waals surface area contributed by atoms with Crippen LogP contribution in [0.15, 0.2) is 36.7 Å². The lowest BCUT2D eigenvalue weighted by atomic mass is 9.96. The van der Waals surface area contributed by atoms with Crippen LogP contribution < -0.4 is 5.73 Å². The molecular formula is C14H15FN2. The van der Waals surface area contributed by atoms with Gasteiger partial charge in [-0.25, -0.2) is 4.39 Å². The molecule has 0 amide bonds. The Morgan fingerprint density at radius 2 is 1.94 bits per heavy atom. The average Bonchev–Trinajstić information content (AvgIpc) is 2.32. The molecule has 0 saturated carbocycles. The van der Waals surface area contributed by atoms with Crippen molar-refractivity contribution in [1.82, 2.24) is 4.98 Å². The summed E-state index contributed by atoms with van der Waals surface area (Å²) < 4.78 is 13.7. The van der Waals surface area contributed by atoms with Gasteiger partial charge in [-0.05, 0) is 37.1 Å². The highest BCUT2D eigenvalue weighted by Crippen LogP contribution is 2.24. The SMILES string of the molecule is Cc1ccc(F)c(C(N)c2cnccc2C)c1. The third-order valence-electron chi connectivity index (χ3n) is 2.90. The Balaban J connectivity index is 2.47. The zero-order chi connectivity index (χ0) is 12.4. The van der Waals surface area contributed by atoms with E-state index in [1.807, 2.05) is 19.9 Å². The van der Waals surface area contributed by atoms with Crippen molar-refractivity contribution in [1.29, 1.82) is 0 Å². The zero-order valence-corrected chi connectivity index (χ0v) is 9.94. The van der Waals surface area contributed by atoms with E-state index in [1.165, 1.54) is 6.07 Å². The molecule has 2 rings (SSSR count). The third kappa shape index (κ3) is 2.34. The molecule has 0 aliphatic carbocycles. The Kier molecular flexibility index (Phi) is 3.20. The Morgan fingerprint density at radius 1 is 1.18 bits per heavy atom. The second-order valence-electron chi connectivity index (χ2n) is 4.23. The van der Waals surface area contributed by atoms with E-state index in [-0.39, 0.29) is 5.82 Å². The summed E-state index contributed by atoms with van der Waals surface area (Å²) in [5.41, 5.74) is 9.50. The third-order valence-corrected chi connectivity index (χ3v) is 2.90. The molecule has 0 bridgehead atoms. The first-order chi connectivity index (χ1) is 8.09. The molecular weight excluding hydrogens is 215 g/mol. The van der Waals surface area contributed by atoms with E-state index in [0.717, 1.165) is 16.7 Å². The molecule has 3 heteroatoms. The lowest BCUT2D eigenvalue weighted by Gasteiger charge is -2.15. The Morgan fingerprint density at radius 3 is 2.65 bits per heavy atom. The smallest absolute Gasteiger partial charge is 0.128 e. The first-order valence-electron chi connectivity index (χ1n) is 5.51. The van der Waals surface area contributed by atoms with Gasteiger partial charge in [0, 0.05) is 18.0 Å². The summed E-state index contributed by atoms with van der Waals surface area (Å²) in [5.74, 6) is -0.272. The number of nitrogens with zero attached hydrogens (tertiary/aromatic N) is 1. The molecule has 88 valence electrons. The lowest BCUT2D eigenvalue weighted by Crippen LogP contribution is -2.15. The van der Waals surface area contributed by atoms with Gasteiger partial charge in [-0.3, -0.25) is 4.98 Å². The molecule has 1 aromatic heterocycles. The Hall–Kier alpha value is -1.74. The number of hydrogen-bond donors (Lipinski definition) is 1. The van der Waals surface area contributed by atoms with Crippen molar-refractivity contribution in [3.05, 3.63) is 64.7 Å². The molecule has 0 radical (unpaired) electrons. The second kappa shape index (κ2) is 4.63. The zero-order valence-electron chi connectivity index (χ0n) is 9.94. The van der Waals surface area contributed by atoms with Gasteiger partial charge in [0.15, 0.2) is 0 Å². The summed E-state index contributed by atoms with van der Waals surface area (Å²) in [6, 6.07) is 6.39. The van der Waals surface area contributed by atoms with Crippen molar-refractivity contribution in [3.63, 3.8) is 0 Å². The topological polar surface area (TPSA) is 38.9 Å². The number of aromatic nitrogens is 1. The highest BCUT2D eigenvalue weighted by atomic mass is 19.1. The van der Waals surface area contributed by atoms with Crippen LogP contribution in [-0.4, -0.2) is 4.98 Å². The molecule has 1 aromatic carbocycles. The molecule has 2 nitrogen and oxygen atoms in total. The number of benzene rings is 1. The van der Waals surface area contributed by atoms with Gasteiger partial charge in [0.1, 0.15) is 5.82 Å². The van der Waals surface area contributed by atoms with E-state index in [4.69, 9.17) is 5.73 Å². The average molecular weight is 230 g/mol. The minimum Gasteiger partial charge on any atom is -0.320 e. The van der Waals surface area contributed by atoms with Crippen LogP contribution in [0.3, 0.4) is 0 Å². The maximum Gasteiger partial charge on any atom is 0.128 e. The predicted octanol–water partition coefficient (Wildman–Crippen LogP) is 2.89. The largest absolute Gasteiger partial charge is 0.320 e. The van der Waals surface area contributed by atoms with Crippen molar-refractivity contribution in [2.45, 2.75) is 19.9 Å². The van der Waals surface area contributed by atoms with E-state index < -0.39 is 6.04 Å². The number of halogens is 1. The molecule has 0 spiro atoms. The van der Waals surface area contributed by atoms with Crippen LogP contribution in [0.1, 0.15) is 28.3 Å². The minimum absolute atomic E-state index is 0.272. The molecule has 2 aromatic rings. The maximum absolute atomic E-state index is 13.7. The number of hydrogen-bond acceptors (Lipinski definition) is 2. The lowest BCUT2D eigenvalue weighted by molar-refractivity contribution is 0.598. The molecule has 0 fully saturated rings. The fourth-order valence-corrected chi connectivity index (χ4v) is 1.87. The molecule has 0 saturated heterocycles. The summed E-state index contributed by atoms with van der Waals surface area (Å²) >= 11 is 0. The van der Waals surface area contributed by atoms with Crippen LogP contribution in [0, 0.1) is 19.7 Å². The molecule has 0 aliphatic heterocycles. The fraction of sp³-hybridized carbons (Fsp3) is 0.214. The van der Waals surface area contributed by atoms with Gasteiger partial charge < -0.3 is 5.73 Å². The number of rotatable bonds is 2. The maximum atomic E-state index is 13.7. The molecule has 1 atom stereocenters. The molecule has 2 N–H and O–H groups in total. The van der Waals surface area contributed by atoms with Crippen LogP contribution in [0.25, 0.3) is 0 Å². The van der Waals surface area contributed by atoms with Gasteiger partial charge in [-0.1, -0.05) is 17.7 Å². The molecule has 17 heavy (non-hydrogen) atoms. The van der Waals surface area contributed by atoms with Crippen molar-refractivity contribution in [2.75, 3.05) is 0 Å². The quantitative estimate of drug-likeness (QED) is 0.861. The van der Waals surface area contributed by atoms with Crippen LogP contribution in [0.4, 0.5) is 4.39 Å². The van der Waals surface area contributed by atoms with Gasteiger partial charge >= 0.3 is 0 Å². The standard InChI is InChI=1S/C14H15FN2/c1-9-3-4-13(15)11(7-9)14(16)12-8-17-6-5-10(12)2/h3-8,14H,16H2,1-2H3. The van der Waals surface area contributed by atoms with Crippen molar-refractivity contribution >= 4 is 0 Å². The molecule has 0 aliphatic rings. The van der Waals surface area contributed by atoms with E-state index >= 15 is 0 Å². The fourth-order valence-electron chi connectivity index (χ4n) is 1.87. The number of nitrogens with two attached hydrogens (primary N) is 1. The predicted molar refractivity (Wildman–Crippen MR) is 66.1 cm³/mol. The monoisotopic (exact) mass is 230 g/mol. The summed E-state index contributed by atoms with van der Waals surface area (Å²) in [7, 11) is 0. The van der Waals surface area contributed by atoms with Crippen LogP contribution in [0.2, 0.25) is 0 Å². The van der Waals surface area contributed by atoms with Crippen LogP contribution >= 0.6 is 0 Å². The normalized spacial score (nSPS) is 12.5. The van der Waals surface area contributed by atoms with E-state index in [1.54, 1.807) is 24.5 Å². The highest BCUT2D eigenvalue weighted by molar-refractivity contribution is 5.36.